The first-order chi connectivity index (χ1) is 9.63. The Bertz CT molecular complexity index is 252. The van der Waals surface area contributed by atoms with Crippen molar-refractivity contribution in [3.63, 3.8) is 0 Å². The Labute approximate surface area is 125 Å². The molecule has 20 heavy (non-hydrogen) atoms. The monoisotopic (exact) mass is 283 g/mol. The van der Waals surface area contributed by atoms with Crippen LogP contribution in [0.2, 0.25) is 0 Å². The fraction of sp³-hybridized carbons (Fsp3) is 0.812. The Morgan fingerprint density at radius 1 is 0.950 bits per heavy atom. The van der Waals surface area contributed by atoms with Crippen molar-refractivity contribution in [1.29, 1.82) is 0 Å². The summed E-state index contributed by atoms with van der Waals surface area (Å²) >= 11 is 0. The highest BCUT2D eigenvalue weighted by Gasteiger charge is 2.12. The number of rotatable bonds is 13. The van der Waals surface area contributed by atoms with Crippen molar-refractivity contribution in [3.05, 3.63) is 12.2 Å². The predicted octanol–water partition coefficient (Wildman–Crippen LogP) is 2.87. The second-order valence-electron chi connectivity index (χ2n) is 5.36. The molecule has 118 valence electrons. The van der Waals surface area contributed by atoms with Gasteiger partial charge in [-0.3, -0.25) is 15.4 Å². The van der Waals surface area contributed by atoms with Crippen molar-refractivity contribution >= 4 is 5.91 Å². The molecule has 0 heterocycles. The highest BCUT2D eigenvalue weighted by atomic mass is 16.2. The third-order valence-corrected chi connectivity index (χ3v) is 3.17. The number of hydrogen-bond donors (Lipinski definition) is 2. The van der Waals surface area contributed by atoms with Gasteiger partial charge in [0.25, 0.3) is 5.91 Å². The maximum absolute atomic E-state index is 12.0. The lowest BCUT2D eigenvalue weighted by Crippen LogP contribution is -2.44. The van der Waals surface area contributed by atoms with Crippen molar-refractivity contribution in [1.82, 2.24) is 15.5 Å². The molecular weight excluding hydrogens is 250 g/mol. The molecule has 0 aromatic heterocycles. The standard InChI is InChI=1S/C16H33N3O/c1-5-7-9-11-17-13-19(16(20)15(3)4)14-18-12-10-8-6-2/h17-18H,3,5-14H2,1-2,4H3. The lowest BCUT2D eigenvalue weighted by molar-refractivity contribution is -0.127. The zero-order chi connectivity index (χ0) is 15.2. The molecule has 0 aromatic carbocycles. The maximum atomic E-state index is 12.0. The molecule has 1 amide bonds. The van der Waals surface area contributed by atoms with Gasteiger partial charge in [-0.15, -0.1) is 0 Å². The second-order valence-corrected chi connectivity index (χ2v) is 5.36. The molecular formula is C16H33N3O. The van der Waals surface area contributed by atoms with Gasteiger partial charge < -0.3 is 4.90 Å². The number of amides is 1. The van der Waals surface area contributed by atoms with E-state index < -0.39 is 0 Å². The van der Waals surface area contributed by atoms with Crippen molar-refractivity contribution in [2.45, 2.75) is 59.3 Å². The predicted molar refractivity (Wildman–Crippen MR) is 86.4 cm³/mol. The van der Waals surface area contributed by atoms with Crippen LogP contribution in [-0.4, -0.2) is 37.2 Å². The molecule has 0 bridgehead atoms. The molecule has 0 aliphatic heterocycles. The van der Waals surface area contributed by atoms with E-state index in [2.05, 4.69) is 31.1 Å². The lowest BCUT2D eigenvalue weighted by atomic mass is 10.2. The molecule has 2 N–H and O–H groups in total. The first kappa shape index (κ1) is 19.1. The number of unbranched alkanes of at least 4 members (excludes halogenated alkanes) is 4. The van der Waals surface area contributed by atoms with Gasteiger partial charge in [0.2, 0.25) is 0 Å². The molecule has 0 aliphatic rings. The minimum absolute atomic E-state index is 0.0241. The Morgan fingerprint density at radius 3 is 1.75 bits per heavy atom. The lowest BCUT2D eigenvalue weighted by Gasteiger charge is -2.24. The van der Waals surface area contributed by atoms with Crippen LogP contribution in [0.25, 0.3) is 0 Å². The molecule has 0 radical (unpaired) electrons. The van der Waals surface area contributed by atoms with Crippen molar-refractivity contribution in [2.75, 3.05) is 26.4 Å². The average molecular weight is 283 g/mol. The number of hydrogen-bond acceptors (Lipinski definition) is 3. The van der Waals surface area contributed by atoms with Crippen LogP contribution in [0.1, 0.15) is 59.3 Å². The van der Waals surface area contributed by atoms with Crippen LogP contribution < -0.4 is 10.6 Å². The van der Waals surface area contributed by atoms with Gasteiger partial charge >= 0.3 is 0 Å². The van der Waals surface area contributed by atoms with Crippen LogP contribution in [-0.2, 0) is 4.79 Å². The van der Waals surface area contributed by atoms with Gasteiger partial charge in [0.1, 0.15) is 0 Å². The van der Waals surface area contributed by atoms with Crippen LogP contribution in [0, 0.1) is 0 Å². The van der Waals surface area contributed by atoms with Crippen molar-refractivity contribution in [2.24, 2.45) is 0 Å². The summed E-state index contributed by atoms with van der Waals surface area (Å²) in [4.78, 5) is 13.8. The van der Waals surface area contributed by atoms with E-state index in [0.29, 0.717) is 18.9 Å². The minimum Gasteiger partial charge on any atom is -0.313 e. The van der Waals surface area contributed by atoms with E-state index in [1.807, 2.05) is 0 Å². The third kappa shape index (κ3) is 9.98. The molecule has 0 saturated carbocycles. The van der Waals surface area contributed by atoms with E-state index in [1.54, 1.807) is 11.8 Å². The molecule has 0 aliphatic carbocycles. The van der Waals surface area contributed by atoms with E-state index in [-0.39, 0.29) is 5.91 Å². The summed E-state index contributed by atoms with van der Waals surface area (Å²) in [6, 6.07) is 0. The first-order valence-electron chi connectivity index (χ1n) is 7.99. The number of nitrogens with one attached hydrogen (secondary N) is 2. The van der Waals surface area contributed by atoms with E-state index >= 15 is 0 Å². The average Bonchev–Trinajstić information content (AvgIpc) is 2.43. The van der Waals surface area contributed by atoms with Crippen LogP contribution in [0.15, 0.2) is 12.2 Å². The van der Waals surface area contributed by atoms with Gasteiger partial charge in [-0.2, -0.15) is 0 Å². The topological polar surface area (TPSA) is 44.4 Å². The summed E-state index contributed by atoms with van der Waals surface area (Å²) in [5.74, 6) is 0.0241. The molecule has 0 spiro atoms. The van der Waals surface area contributed by atoms with Gasteiger partial charge in [-0.25, -0.2) is 0 Å². The summed E-state index contributed by atoms with van der Waals surface area (Å²) in [6.07, 6.45) is 7.22. The largest absolute Gasteiger partial charge is 0.313 e. The highest BCUT2D eigenvalue weighted by Crippen LogP contribution is 1.98. The van der Waals surface area contributed by atoms with Crippen molar-refractivity contribution in [3.8, 4) is 0 Å². The van der Waals surface area contributed by atoms with E-state index in [1.165, 1.54) is 25.7 Å². The fourth-order valence-electron chi connectivity index (χ4n) is 1.90. The smallest absolute Gasteiger partial charge is 0.250 e. The van der Waals surface area contributed by atoms with Crippen LogP contribution in [0.3, 0.4) is 0 Å². The molecule has 4 heteroatoms. The summed E-state index contributed by atoms with van der Waals surface area (Å²) in [7, 11) is 0. The summed E-state index contributed by atoms with van der Waals surface area (Å²) < 4.78 is 0. The zero-order valence-corrected chi connectivity index (χ0v) is 13.6. The summed E-state index contributed by atoms with van der Waals surface area (Å²) in [6.45, 7) is 13.0. The SMILES string of the molecule is C=C(C)C(=O)N(CNCCCCC)CNCCCCC. The molecule has 0 unspecified atom stereocenters. The van der Waals surface area contributed by atoms with Gasteiger partial charge in [-0.05, 0) is 32.9 Å². The van der Waals surface area contributed by atoms with Crippen LogP contribution >= 0.6 is 0 Å². The molecule has 0 aromatic rings. The quantitative estimate of drug-likeness (QED) is 0.310. The second kappa shape index (κ2) is 13.1. The Kier molecular flexibility index (Phi) is 12.6. The number of carbonyl (C=O) groups excluding carboxylic acids is 1. The van der Waals surface area contributed by atoms with Gasteiger partial charge in [0.05, 0.1) is 13.3 Å². The third-order valence-electron chi connectivity index (χ3n) is 3.17. The molecule has 0 saturated heterocycles. The van der Waals surface area contributed by atoms with Gasteiger partial charge in [0.15, 0.2) is 0 Å². The number of nitrogens with zero attached hydrogens (tertiary/aromatic N) is 1. The summed E-state index contributed by atoms with van der Waals surface area (Å²) in [5, 5.41) is 6.66. The van der Waals surface area contributed by atoms with Crippen LogP contribution in [0.5, 0.6) is 0 Å². The zero-order valence-electron chi connectivity index (χ0n) is 13.6. The van der Waals surface area contributed by atoms with E-state index in [0.717, 1.165) is 25.9 Å². The molecule has 0 rings (SSSR count). The van der Waals surface area contributed by atoms with E-state index in [4.69, 9.17) is 0 Å². The Hall–Kier alpha value is -0.870. The normalized spacial score (nSPS) is 10.6. The molecule has 0 fully saturated rings. The number of carbonyl (C=O) groups is 1. The Balaban J connectivity index is 3.95. The van der Waals surface area contributed by atoms with E-state index in [9.17, 15) is 4.79 Å². The minimum atomic E-state index is 0.0241. The summed E-state index contributed by atoms with van der Waals surface area (Å²) in [5.41, 5.74) is 0.593. The first-order valence-corrected chi connectivity index (χ1v) is 7.99. The van der Waals surface area contributed by atoms with Crippen molar-refractivity contribution < 1.29 is 4.79 Å². The van der Waals surface area contributed by atoms with Gasteiger partial charge in [-0.1, -0.05) is 46.1 Å². The van der Waals surface area contributed by atoms with Crippen LogP contribution in [0.4, 0.5) is 0 Å². The fourth-order valence-corrected chi connectivity index (χ4v) is 1.90. The molecule has 0 atom stereocenters. The molecule has 4 nitrogen and oxygen atoms in total. The highest BCUT2D eigenvalue weighted by molar-refractivity contribution is 5.92. The Morgan fingerprint density at radius 2 is 1.40 bits per heavy atom. The maximum Gasteiger partial charge on any atom is 0.250 e. The van der Waals surface area contributed by atoms with Gasteiger partial charge in [0, 0.05) is 5.57 Å².